The Bertz CT molecular complexity index is 1070. The molecule has 2 aromatic carbocycles. The molecule has 8 nitrogen and oxygen atoms in total. The molecule has 3 aromatic rings. The number of hydrogen-bond donors (Lipinski definition) is 0. The lowest BCUT2D eigenvalue weighted by Crippen LogP contribution is -2.48. The van der Waals surface area contributed by atoms with Gasteiger partial charge in [-0.2, -0.15) is 4.98 Å². The van der Waals surface area contributed by atoms with E-state index in [0.717, 1.165) is 38.0 Å². The maximum Gasteiger partial charge on any atom is 0.257 e. The van der Waals surface area contributed by atoms with Crippen molar-refractivity contribution in [2.45, 2.75) is 19.8 Å². The van der Waals surface area contributed by atoms with Gasteiger partial charge in [0.2, 0.25) is 11.7 Å². The summed E-state index contributed by atoms with van der Waals surface area (Å²) in [6.45, 7) is 6.02. The fourth-order valence-electron chi connectivity index (χ4n) is 3.95. The van der Waals surface area contributed by atoms with Crippen LogP contribution in [0, 0.1) is 6.92 Å². The van der Waals surface area contributed by atoms with Crippen LogP contribution in [0.4, 0.5) is 0 Å². The molecule has 1 aliphatic rings. The molecule has 174 valence electrons. The van der Waals surface area contributed by atoms with Crippen molar-refractivity contribution in [3.8, 4) is 22.9 Å². The highest BCUT2D eigenvalue weighted by Gasteiger charge is 2.24. The van der Waals surface area contributed by atoms with Crippen LogP contribution in [0.3, 0.4) is 0 Å². The van der Waals surface area contributed by atoms with Crippen LogP contribution in [0.5, 0.6) is 11.5 Å². The zero-order valence-corrected chi connectivity index (χ0v) is 19.4. The molecular formula is C25H30N4O4. The van der Waals surface area contributed by atoms with E-state index in [-0.39, 0.29) is 5.91 Å². The van der Waals surface area contributed by atoms with E-state index in [2.05, 4.69) is 22.0 Å². The summed E-state index contributed by atoms with van der Waals surface area (Å²) in [7, 11) is 3.16. The molecule has 0 radical (unpaired) electrons. The first-order chi connectivity index (χ1) is 16.1. The third kappa shape index (κ3) is 5.51. The molecule has 1 amide bonds. The van der Waals surface area contributed by atoms with E-state index >= 15 is 0 Å². The standard InChI is InChI=1S/C25H30N4O4/c1-18-6-8-19(9-7-18)24-26-23(33-27-24)5-4-12-28-13-15-29(16-14-28)25(30)21-11-10-20(31-2)17-22(21)32-3/h6-11,17H,4-5,12-16H2,1-3H3. The van der Waals surface area contributed by atoms with E-state index in [1.54, 1.807) is 32.4 Å². The molecule has 0 saturated carbocycles. The molecule has 1 saturated heterocycles. The third-order valence-electron chi connectivity index (χ3n) is 5.94. The van der Waals surface area contributed by atoms with Gasteiger partial charge in [-0.25, -0.2) is 0 Å². The maximum absolute atomic E-state index is 13.0. The average Bonchev–Trinajstić information content (AvgIpc) is 3.33. The van der Waals surface area contributed by atoms with Gasteiger partial charge in [-0.1, -0.05) is 35.0 Å². The lowest BCUT2D eigenvalue weighted by Gasteiger charge is -2.35. The Morgan fingerprint density at radius 3 is 2.48 bits per heavy atom. The fourth-order valence-corrected chi connectivity index (χ4v) is 3.95. The largest absolute Gasteiger partial charge is 0.497 e. The van der Waals surface area contributed by atoms with E-state index in [1.807, 2.05) is 29.2 Å². The Balaban J connectivity index is 1.24. The summed E-state index contributed by atoms with van der Waals surface area (Å²) in [5.41, 5.74) is 2.73. The Labute approximate surface area is 194 Å². The number of rotatable bonds is 8. The third-order valence-corrected chi connectivity index (χ3v) is 5.94. The van der Waals surface area contributed by atoms with Gasteiger partial charge < -0.3 is 18.9 Å². The second-order valence-corrected chi connectivity index (χ2v) is 8.18. The van der Waals surface area contributed by atoms with Crippen LogP contribution in [0.25, 0.3) is 11.4 Å². The molecule has 4 rings (SSSR count). The first kappa shape index (κ1) is 22.8. The zero-order valence-electron chi connectivity index (χ0n) is 19.4. The van der Waals surface area contributed by atoms with Crippen LogP contribution in [-0.4, -0.2) is 72.8 Å². The molecule has 2 heterocycles. The van der Waals surface area contributed by atoms with Gasteiger partial charge in [-0.05, 0) is 32.0 Å². The first-order valence-corrected chi connectivity index (χ1v) is 11.2. The zero-order chi connectivity index (χ0) is 23.2. The van der Waals surface area contributed by atoms with Gasteiger partial charge in [0.1, 0.15) is 11.5 Å². The predicted octanol–water partition coefficient (Wildman–Crippen LogP) is 3.45. The second kappa shape index (κ2) is 10.5. The van der Waals surface area contributed by atoms with Crippen molar-refractivity contribution >= 4 is 5.91 Å². The SMILES string of the molecule is COc1ccc(C(=O)N2CCN(CCCc3nc(-c4ccc(C)cc4)no3)CC2)c(OC)c1. The van der Waals surface area contributed by atoms with Crippen LogP contribution in [0.1, 0.15) is 28.2 Å². The van der Waals surface area contributed by atoms with Gasteiger partial charge >= 0.3 is 0 Å². The van der Waals surface area contributed by atoms with Crippen LogP contribution in [-0.2, 0) is 6.42 Å². The van der Waals surface area contributed by atoms with Crippen LogP contribution >= 0.6 is 0 Å². The minimum atomic E-state index is -0.0105. The molecule has 8 heteroatoms. The van der Waals surface area contributed by atoms with Crippen molar-refractivity contribution in [1.29, 1.82) is 0 Å². The van der Waals surface area contributed by atoms with E-state index in [4.69, 9.17) is 14.0 Å². The van der Waals surface area contributed by atoms with Gasteiger partial charge in [0.25, 0.3) is 5.91 Å². The molecule has 0 bridgehead atoms. The van der Waals surface area contributed by atoms with Crippen molar-refractivity contribution in [3.63, 3.8) is 0 Å². The van der Waals surface area contributed by atoms with Gasteiger partial charge in [0.15, 0.2) is 0 Å². The lowest BCUT2D eigenvalue weighted by atomic mass is 10.1. The molecule has 1 aromatic heterocycles. The van der Waals surface area contributed by atoms with Gasteiger partial charge in [0.05, 0.1) is 19.8 Å². The van der Waals surface area contributed by atoms with E-state index in [1.165, 1.54) is 5.56 Å². The monoisotopic (exact) mass is 450 g/mol. The summed E-state index contributed by atoms with van der Waals surface area (Å²) in [6, 6.07) is 13.4. The quantitative estimate of drug-likeness (QED) is 0.520. The number of carbonyl (C=O) groups excluding carboxylic acids is 1. The normalized spacial score (nSPS) is 14.3. The molecule has 0 atom stereocenters. The summed E-state index contributed by atoms with van der Waals surface area (Å²) in [4.78, 5) is 21.8. The summed E-state index contributed by atoms with van der Waals surface area (Å²) in [6.07, 6.45) is 1.66. The number of piperazine rings is 1. The topological polar surface area (TPSA) is 80.9 Å². The number of methoxy groups -OCH3 is 2. The smallest absolute Gasteiger partial charge is 0.257 e. The van der Waals surface area contributed by atoms with Gasteiger partial charge in [-0.15, -0.1) is 0 Å². The Hall–Kier alpha value is -3.39. The van der Waals surface area contributed by atoms with Crippen LogP contribution < -0.4 is 9.47 Å². The molecule has 33 heavy (non-hydrogen) atoms. The number of nitrogens with zero attached hydrogens (tertiary/aromatic N) is 4. The molecule has 1 aliphatic heterocycles. The first-order valence-electron chi connectivity index (χ1n) is 11.2. The number of ether oxygens (including phenoxy) is 2. The van der Waals surface area contributed by atoms with Crippen molar-refractivity contribution in [3.05, 3.63) is 59.5 Å². The van der Waals surface area contributed by atoms with Crippen molar-refractivity contribution < 1.29 is 18.8 Å². The van der Waals surface area contributed by atoms with Crippen molar-refractivity contribution in [2.75, 3.05) is 46.9 Å². The average molecular weight is 451 g/mol. The Kier molecular flexibility index (Phi) is 7.24. The highest BCUT2D eigenvalue weighted by atomic mass is 16.5. The summed E-state index contributed by atoms with van der Waals surface area (Å²) in [5, 5.41) is 4.10. The minimum Gasteiger partial charge on any atom is -0.497 e. The number of amides is 1. The number of aryl methyl sites for hydroxylation is 2. The molecule has 0 N–H and O–H groups in total. The highest BCUT2D eigenvalue weighted by molar-refractivity contribution is 5.97. The summed E-state index contributed by atoms with van der Waals surface area (Å²) in [5.74, 6) is 2.48. The van der Waals surface area contributed by atoms with Crippen molar-refractivity contribution in [2.24, 2.45) is 0 Å². The van der Waals surface area contributed by atoms with Crippen LogP contribution in [0.2, 0.25) is 0 Å². The summed E-state index contributed by atoms with van der Waals surface area (Å²) < 4.78 is 16.0. The number of benzene rings is 2. The van der Waals surface area contributed by atoms with E-state index < -0.39 is 0 Å². The van der Waals surface area contributed by atoms with Crippen molar-refractivity contribution in [1.82, 2.24) is 19.9 Å². The van der Waals surface area contributed by atoms with E-state index in [9.17, 15) is 4.79 Å². The Morgan fingerprint density at radius 1 is 1.03 bits per heavy atom. The number of hydrogen-bond acceptors (Lipinski definition) is 7. The van der Waals surface area contributed by atoms with E-state index in [0.29, 0.717) is 41.9 Å². The molecule has 0 spiro atoms. The molecule has 0 unspecified atom stereocenters. The fraction of sp³-hybridized carbons (Fsp3) is 0.400. The van der Waals surface area contributed by atoms with Gasteiger partial charge in [-0.3, -0.25) is 9.69 Å². The lowest BCUT2D eigenvalue weighted by molar-refractivity contribution is 0.0632. The number of aromatic nitrogens is 2. The maximum atomic E-state index is 13.0. The number of carbonyl (C=O) groups is 1. The van der Waals surface area contributed by atoms with Gasteiger partial charge in [0, 0.05) is 44.2 Å². The second-order valence-electron chi connectivity index (χ2n) is 8.18. The minimum absolute atomic E-state index is 0.0105. The molecule has 0 aliphatic carbocycles. The summed E-state index contributed by atoms with van der Waals surface area (Å²) >= 11 is 0. The van der Waals surface area contributed by atoms with Crippen LogP contribution in [0.15, 0.2) is 47.0 Å². The predicted molar refractivity (Wildman–Crippen MR) is 125 cm³/mol. The highest BCUT2D eigenvalue weighted by Crippen LogP contribution is 2.26. The molecule has 1 fully saturated rings. The molecular weight excluding hydrogens is 420 g/mol. The Morgan fingerprint density at radius 2 is 1.79 bits per heavy atom.